The summed E-state index contributed by atoms with van der Waals surface area (Å²) in [5.41, 5.74) is 10.9. The highest BCUT2D eigenvalue weighted by molar-refractivity contribution is 7.22. The lowest BCUT2D eigenvalue weighted by molar-refractivity contribution is 0.0815. The van der Waals surface area contributed by atoms with Crippen molar-refractivity contribution in [1.82, 2.24) is 34.5 Å². The van der Waals surface area contributed by atoms with Gasteiger partial charge in [0.15, 0.2) is 10.8 Å². The summed E-state index contributed by atoms with van der Waals surface area (Å²) >= 11 is 7.72. The standard InChI is InChI=1S/C29H32ClN9S/c1-37-12-14-38(15-13-37)21-7-9-22(10-8-21)39-28-25(27(31)32-17-33-28)26(36-39)18-2-5-20(6-3-18)34-29-35-23-11-4-19(30)16-24(23)40-29/h2-6,11,16-17,21-22H,7-10,12-15H2,1H3,(H,34,35)(H2,31,32,33)/t21-,22+. The number of nitrogen functional groups attached to an aromatic ring is 1. The number of likely N-dealkylation sites (N-methyl/N-ethyl adjacent to an activating group) is 1. The zero-order valence-corrected chi connectivity index (χ0v) is 24.0. The molecule has 11 heteroatoms. The van der Waals surface area contributed by atoms with Crippen LogP contribution in [-0.4, -0.2) is 73.8 Å². The van der Waals surface area contributed by atoms with Crippen LogP contribution in [0.5, 0.6) is 0 Å². The molecule has 0 bridgehead atoms. The van der Waals surface area contributed by atoms with E-state index in [1.807, 2.05) is 30.3 Å². The van der Waals surface area contributed by atoms with E-state index < -0.39 is 0 Å². The SMILES string of the molecule is CN1CCN([C@H]2CC[C@@H](n3nc(-c4ccc(Nc5nc6ccc(Cl)cc6s5)cc4)c4c(N)ncnc43)CC2)CC1. The smallest absolute Gasteiger partial charge is 0.188 e. The Kier molecular flexibility index (Phi) is 6.79. The van der Waals surface area contributed by atoms with Crippen molar-refractivity contribution in [3.63, 3.8) is 0 Å². The molecule has 4 heterocycles. The number of rotatable bonds is 5. The Labute approximate surface area is 242 Å². The van der Waals surface area contributed by atoms with Crippen molar-refractivity contribution in [3.8, 4) is 11.3 Å². The maximum absolute atomic E-state index is 6.40. The van der Waals surface area contributed by atoms with Crippen molar-refractivity contribution in [2.75, 3.05) is 44.3 Å². The molecule has 3 N–H and O–H groups in total. The van der Waals surface area contributed by atoms with Gasteiger partial charge in [-0.15, -0.1) is 0 Å². The number of nitrogens with two attached hydrogens (primary N) is 1. The van der Waals surface area contributed by atoms with Gasteiger partial charge in [0, 0.05) is 48.5 Å². The molecule has 2 aromatic carbocycles. The number of thiazole rings is 1. The average Bonchev–Trinajstić information content (AvgIpc) is 3.56. The zero-order chi connectivity index (χ0) is 27.2. The van der Waals surface area contributed by atoms with Crippen LogP contribution >= 0.6 is 22.9 Å². The molecule has 0 unspecified atom stereocenters. The molecular formula is C29H32ClN9S. The molecule has 9 nitrogen and oxygen atoms in total. The summed E-state index contributed by atoms with van der Waals surface area (Å²) in [6.45, 7) is 4.66. The molecule has 3 aromatic heterocycles. The Balaban J connectivity index is 1.12. The highest BCUT2D eigenvalue weighted by Crippen LogP contribution is 2.38. The predicted octanol–water partition coefficient (Wildman–Crippen LogP) is 5.81. The highest BCUT2D eigenvalue weighted by Gasteiger charge is 2.30. The van der Waals surface area contributed by atoms with Crippen LogP contribution in [0.25, 0.3) is 32.5 Å². The van der Waals surface area contributed by atoms with Gasteiger partial charge in [0.05, 0.1) is 21.6 Å². The average molecular weight is 574 g/mol. The molecule has 206 valence electrons. The van der Waals surface area contributed by atoms with Gasteiger partial charge in [0.25, 0.3) is 0 Å². The van der Waals surface area contributed by atoms with E-state index in [9.17, 15) is 0 Å². The van der Waals surface area contributed by atoms with Gasteiger partial charge in [0.2, 0.25) is 0 Å². The third-order valence-corrected chi connectivity index (χ3v) is 9.51. The van der Waals surface area contributed by atoms with E-state index in [4.69, 9.17) is 22.4 Å². The summed E-state index contributed by atoms with van der Waals surface area (Å²) in [4.78, 5) is 18.7. The first kappa shape index (κ1) is 25.6. The molecule has 1 aliphatic heterocycles. The van der Waals surface area contributed by atoms with Crippen molar-refractivity contribution in [2.24, 2.45) is 0 Å². The van der Waals surface area contributed by atoms with Gasteiger partial charge in [0.1, 0.15) is 17.8 Å². The fourth-order valence-electron chi connectivity index (χ4n) is 6.09. The quantitative estimate of drug-likeness (QED) is 0.271. The fourth-order valence-corrected chi connectivity index (χ4v) is 7.26. The summed E-state index contributed by atoms with van der Waals surface area (Å²) in [6, 6.07) is 14.9. The molecule has 0 spiro atoms. The molecule has 0 amide bonds. The molecule has 7 rings (SSSR count). The zero-order valence-electron chi connectivity index (χ0n) is 22.4. The number of hydrogen-bond donors (Lipinski definition) is 2. The second-order valence-corrected chi connectivity index (χ2v) is 12.4. The van der Waals surface area contributed by atoms with Crippen LogP contribution in [0, 0.1) is 0 Å². The Bertz CT molecular complexity index is 1650. The largest absolute Gasteiger partial charge is 0.383 e. The molecule has 40 heavy (non-hydrogen) atoms. The third-order valence-electron chi connectivity index (χ3n) is 8.34. The van der Waals surface area contributed by atoms with Crippen molar-refractivity contribution >= 4 is 60.8 Å². The van der Waals surface area contributed by atoms with Crippen LogP contribution in [0.3, 0.4) is 0 Å². The van der Waals surface area contributed by atoms with Gasteiger partial charge >= 0.3 is 0 Å². The van der Waals surface area contributed by atoms with Crippen LogP contribution in [0.1, 0.15) is 31.7 Å². The molecule has 1 saturated carbocycles. The lowest BCUT2D eigenvalue weighted by atomic mass is 9.90. The minimum absolute atomic E-state index is 0.308. The van der Waals surface area contributed by atoms with E-state index in [1.54, 1.807) is 17.7 Å². The Morgan fingerprint density at radius 3 is 2.48 bits per heavy atom. The lowest BCUT2D eigenvalue weighted by Crippen LogP contribution is -2.49. The summed E-state index contributed by atoms with van der Waals surface area (Å²) < 4.78 is 3.16. The maximum atomic E-state index is 6.40. The Hall–Kier alpha value is -3.31. The number of aromatic nitrogens is 5. The van der Waals surface area contributed by atoms with Crippen molar-refractivity contribution in [1.29, 1.82) is 0 Å². The van der Waals surface area contributed by atoms with Crippen LogP contribution < -0.4 is 11.1 Å². The van der Waals surface area contributed by atoms with Gasteiger partial charge in [-0.1, -0.05) is 35.1 Å². The first-order valence-electron chi connectivity index (χ1n) is 13.9. The number of nitrogens with zero attached hydrogens (tertiary/aromatic N) is 7. The summed E-state index contributed by atoms with van der Waals surface area (Å²) in [6.07, 6.45) is 6.10. The topological polar surface area (TPSA) is 101 Å². The van der Waals surface area contributed by atoms with Gasteiger partial charge in [-0.25, -0.2) is 19.6 Å². The number of hydrogen-bond acceptors (Lipinski definition) is 9. The van der Waals surface area contributed by atoms with Crippen molar-refractivity contribution < 1.29 is 0 Å². The summed E-state index contributed by atoms with van der Waals surface area (Å²) in [7, 11) is 2.21. The minimum atomic E-state index is 0.308. The number of piperazine rings is 1. The molecule has 1 saturated heterocycles. The number of nitrogens with one attached hydrogen (secondary N) is 1. The van der Waals surface area contributed by atoms with Crippen LogP contribution in [-0.2, 0) is 0 Å². The number of halogens is 1. The van der Waals surface area contributed by atoms with E-state index in [0.717, 1.165) is 69.3 Å². The predicted molar refractivity (Wildman–Crippen MR) is 163 cm³/mol. The number of fused-ring (bicyclic) bond motifs is 2. The van der Waals surface area contributed by atoms with E-state index in [-0.39, 0.29) is 0 Å². The monoisotopic (exact) mass is 573 g/mol. The van der Waals surface area contributed by atoms with Gasteiger partial charge < -0.3 is 16.0 Å². The first-order chi connectivity index (χ1) is 19.5. The van der Waals surface area contributed by atoms with Crippen LogP contribution in [0.2, 0.25) is 5.02 Å². The first-order valence-corrected chi connectivity index (χ1v) is 15.1. The lowest BCUT2D eigenvalue weighted by Gasteiger charge is -2.41. The fraction of sp³-hybridized carbons (Fsp3) is 0.379. The minimum Gasteiger partial charge on any atom is -0.383 e. The van der Waals surface area contributed by atoms with E-state index in [0.29, 0.717) is 22.9 Å². The number of anilines is 3. The van der Waals surface area contributed by atoms with Gasteiger partial charge in [-0.05, 0) is 63.1 Å². The second-order valence-electron chi connectivity index (χ2n) is 10.9. The van der Waals surface area contributed by atoms with Gasteiger partial charge in [-0.3, -0.25) is 4.90 Å². The van der Waals surface area contributed by atoms with Crippen LogP contribution in [0.4, 0.5) is 16.6 Å². The van der Waals surface area contributed by atoms with Crippen molar-refractivity contribution in [2.45, 2.75) is 37.8 Å². The van der Waals surface area contributed by atoms with E-state index >= 15 is 0 Å². The second kappa shape index (κ2) is 10.6. The molecule has 1 aliphatic carbocycles. The molecule has 2 aliphatic rings. The molecule has 2 fully saturated rings. The van der Waals surface area contributed by atoms with Crippen molar-refractivity contribution in [3.05, 3.63) is 53.8 Å². The third kappa shape index (κ3) is 4.89. The molecule has 0 radical (unpaired) electrons. The maximum Gasteiger partial charge on any atom is 0.188 e. The number of benzene rings is 2. The summed E-state index contributed by atoms with van der Waals surface area (Å²) in [5.74, 6) is 0.465. The van der Waals surface area contributed by atoms with Gasteiger partial charge in [-0.2, -0.15) is 5.10 Å². The Morgan fingerprint density at radius 2 is 1.70 bits per heavy atom. The molecule has 0 atom stereocenters. The van der Waals surface area contributed by atoms with E-state index in [1.165, 1.54) is 25.9 Å². The molecular weight excluding hydrogens is 542 g/mol. The molecule has 5 aromatic rings. The Morgan fingerprint density at radius 1 is 0.950 bits per heavy atom. The van der Waals surface area contributed by atoms with Crippen LogP contribution in [0.15, 0.2) is 48.8 Å². The summed E-state index contributed by atoms with van der Waals surface area (Å²) in [5, 5.41) is 10.9. The normalized spacial score (nSPS) is 20.9. The highest BCUT2D eigenvalue weighted by atomic mass is 35.5. The van der Waals surface area contributed by atoms with E-state index in [2.05, 4.69) is 53.9 Å².